The SMILES string of the molecule is Cc1nn(-c2ccccc2)c(C)c1C(=O)C(=O)NCCc1nccs1. The minimum absolute atomic E-state index is 0.357. The number of para-hydroxylation sites is 1. The quantitative estimate of drug-likeness (QED) is 0.545. The summed E-state index contributed by atoms with van der Waals surface area (Å²) in [5.74, 6) is -1.17. The molecule has 1 aromatic carbocycles. The summed E-state index contributed by atoms with van der Waals surface area (Å²) in [6.07, 6.45) is 2.33. The van der Waals surface area contributed by atoms with E-state index in [0.717, 1.165) is 10.7 Å². The number of carbonyl (C=O) groups excluding carboxylic acids is 2. The van der Waals surface area contributed by atoms with E-state index in [1.54, 1.807) is 24.7 Å². The largest absolute Gasteiger partial charge is 0.349 e. The van der Waals surface area contributed by atoms with Crippen LogP contribution in [0.2, 0.25) is 0 Å². The van der Waals surface area contributed by atoms with Gasteiger partial charge in [0.1, 0.15) is 0 Å². The van der Waals surface area contributed by atoms with Crippen molar-refractivity contribution in [1.29, 1.82) is 0 Å². The van der Waals surface area contributed by atoms with Crippen LogP contribution in [0.1, 0.15) is 26.8 Å². The summed E-state index contributed by atoms with van der Waals surface area (Å²) in [6, 6.07) is 9.53. The molecular weight excluding hydrogens is 336 g/mol. The lowest BCUT2D eigenvalue weighted by molar-refractivity contribution is -0.116. The van der Waals surface area contributed by atoms with Crippen LogP contribution in [-0.4, -0.2) is 33.0 Å². The summed E-state index contributed by atoms with van der Waals surface area (Å²) in [5.41, 5.74) is 2.41. The van der Waals surface area contributed by atoms with Gasteiger partial charge in [0.05, 0.1) is 27.6 Å². The molecule has 0 atom stereocenters. The van der Waals surface area contributed by atoms with Gasteiger partial charge in [0.25, 0.3) is 11.7 Å². The average Bonchev–Trinajstić information content (AvgIpc) is 3.23. The van der Waals surface area contributed by atoms with Crippen molar-refractivity contribution in [1.82, 2.24) is 20.1 Å². The number of hydrogen-bond acceptors (Lipinski definition) is 5. The first-order valence-electron chi connectivity index (χ1n) is 7.90. The first-order valence-corrected chi connectivity index (χ1v) is 8.78. The third kappa shape index (κ3) is 3.66. The number of nitrogens with zero attached hydrogens (tertiary/aromatic N) is 3. The Morgan fingerprint density at radius 2 is 1.96 bits per heavy atom. The molecule has 0 saturated heterocycles. The molecular formula is C18H18N4O2S. The molecule has 0 aliphatic rings. The highest BCUT2D eigenvalue weighted by Crippen LogP contribution is 2.18. The van der Waals surface area contributed by atoms with Crippen molar-refractivity contribution < 1.29 is 9.59 Å². The minimum atomic E-state index is -0.615. The predicted octanol–water partition coefficient (Wildman–Crippen LogP) is 2.49. The van der Waals surface area contributed by atoms with E-state index in [9.17, 15) is 9.59 Å². The van der Waals surface area contributed by atoms with Gasteiger partial charge in [-0.2, -0.15) is 5.10 Å². The van der Waals surface area contributed by atoms with Crippen LogP contribution in [0.4, 0.5) is 0 Å². The van der Waals surface area contributed by atoms with Gasteiger partial charge >= 0.3 is 0 Å². The fraction of sp³-hybridized carbons (Fsp3) is 0.222. The van der Waals surface area contributed by atoms with Gasteiger partial charge in [-0.05, 0) is 26.0 Å². The molecule has 3 rings (SSSR count). The molecule has 0 fully saturated rings. The summed E-state index contributed by atoms with van der Waals surface area (Å²) >= 11 is 1.52. The molecule has 6 nitrogen and oxygen atoms in total. The number of amides is 1. The number of ketones is 1. The van der Waals surface area contributed by atoms with Gasteiger partial charge in [-0.15, -0.1) is 11.3 Å². The van der Waals surface area contributed by atoms with Crippen LogP contribution in [0.5, 0.6) is 0 Å². The van der Waals surface area contributed by atoms with Crippen molar-refractivity contribution in [3.05, 3.63) is 63.9 Å². The number of nitrogens with one attached hydrogen (secondary N) is 1. The van der Waals surface area contributed by atoms with E-state index in [1.165, 1.54) is 11.3 Å². The molecule has 1 amide bonds. The van der Waals surface area contributed by atoms with Crippen molar-refractivity contribution in [2.75, 3.05) is 6.54 Å². The molecule has 2 heterocycles. The topological polar surface area (TPSA) is 76.9 Å². The Morgan fingerprint density at radius 3 is 2.64 bits per heavy atom. The van der Waals surface area contributed by atoms with E-state index < -0.39 is 11.7 Å². The van der Waals surface area contributed by atoms with E-state index in [1.807, 2.05) is 35.7 Å². The Bertz CT molecular complexity index is 885. The van der Waals surface area contributed by atoms with Crippen LogP contribution >= 0.6 is 11.3 Å². The van der Waals surface area contributed by atoms with Crippen molar-refractivity contribution in [3.63, 3.8) is 0 Å². The lowest BCUT2D eigenvalue weighted by Gasteiger charge is -2.05. The third-order valence-electron chi connectivity index (χ3n) is 3.83. The maximum absolute atomic E-state index is 12.5. The zero-order valence-electron chi connectivity index (χ0n) is 14.0. The van der Waals surface area contributed by atoms with E-state index in [-0.39, 0.29) is 0 Å². The lowest BCUT2D eigenvalue weighted by atomic mass is 10.1. The monoisotopic (exact) mass is 354 g/mol. The average molecular weight is 354 g/mol. The van der Waals surface area contributed by atoms with Gasteiger partial charge in [-0.25, -0.2) is 9.67 Å². The zero-order valence-corrected chi connectivity index (χ0v) is 14.8. The van der Waals surface area contributed by atoms with Crippen molar-refractivity contribution >= 4 is 23.0 Å². The Balaban J connectivity index is 1.73. The number of Topliss-reactive ketones (excluding diaryl/α,β-unsaturated/α-hetero) is 1. The van der Waals surface area contributed by atoms with E-state index in [4.69, 9.17) is 0 Å². The fourth-order valence-electron chi connectivity index (χ4n) is 2.65. The molecule has 0 saturated carbocycles. The van der Waals surface area contributed by atoms with Gasteiger partial charge < -0.3 is 5.32 Å². The first-order chi connectivity index (χ1) is 12.1. The lowest BCUT2D eigenvalue weighted by Crippen LogP contribution is -2.33. The van der Waals surface area contributed by atoms with Gasteiger partial charge in [-0.1, -0.05) is 18.2 Å². The molecule has 0 aliphatic carbocycles. The molecule has 7 heteroatoms. The second-order valence-corrected chi connectivity index (χ2v) is 6.53. The second-order valence-electron chi connectivity index (χ2n) is 5.55. The Morgan fingerprint density at radius 1 is 1.20 bits per heavy atom. The van der Waals surface area contributed by atoms with Gasteiger partial charge in [0, 0.05) is 24.5 Å². The molecule has 3 aromatic rings. The van der Waals surface area contributed by atoms with Crippen LogP contribution in [0.3, 0.4) is 0 Å². The van der Waals surface area contributed by atoms with Gasteiger partial charge in [-0.3, -0.25) is 9.59 Å². The first kappa shape index (κ1) is 17.0. The van der Waals surface area contributed by atoms with E-state index >= 15 is 0 Å². The Hall–Kier alpha value is -2.80. The number of carbonyl (C=O) groups is 2. The standard InChI is InChI=1S/C18H18N4O2S/c1-12-16(13(2)22(21-12)14-6-4-3-5-7-14)17(23)18(24)20-9-8-15-19-10-11-25-15/h3-7,10-11H,8-9H2,1-2H3,(H,20,24). The Kier molecular flexibility index (Phi) is 5.04. The van der Waals surface area contributed by atoms with Crippen LogP contribution in [0, 0.1) is 13.8 Å². The summed E-state index contributed by atoms with van der Waals surface area (Å²) < 4.78 is 1.69. The smallest absolute Gasteiger partial charge is 0.292 e. The predicted molar refractivity (Wildman–Crippen MR) is 96.2 cm³/mol. The number of rotatable bonds is 6. The normalized spacial score (nSPS) is 10.6. The Labute approximate surface area is 149 Å². The molecule has 25 heavy (non-hydrogen) atoms. The molecule has 1 N–H and O–H groups in total. The molecule has 2 aromatic heterocycles. The van der Waals surface area contributed by atoms with Gasteiger partial charge in [0.2, 0.25) is 0 Å². The molecule has 0 bridgehead atoms. The molecule has 0 radical (unpaired) electrons. The van der Waals surface area contributed by atoms with Gasteiger partial charge in [0.15, 0.2) is 0 Å². The fourth-order valence-corrected chi connectivity index (χ4v) is 3.27. The second kappa shape index (κ2) is 7.40. The maximum Gasteiger partial charge on any atom is 0.292 e. The van der Waals surface area contributed by atoms with E-state index in [2.05, 4.69) is 15.4 Å². The minimum Gasteiger partial charge on any atom is -0.349 e. The maximum atomic E-state index is 12.5. The van der Waals surface area contributed by atoms with Crippen molar-refractivity contribution in [2.45, 2.75) is 20.3 Å². The summed E-state index contributed by atoms with van der Waals surface area (Å²) in [6.45, 7) is 3.91. The molecule has 0 unspecified atom stereocenters. The number of thiazole rings is 1. The van der Waals surface area contributed by atoms with Crippen LogP contribution < -0.4 is 5.32 Å². The van der Waals surface area contributed by atoms with E-state index in [0.29, 0.717) is 29.9 Å². The highest BCUT2D eigenvalue weighted by atomic mass is 32.1. The molecule has 0 aliphatic heterocycles. The summed E-state index contributed by atoms with van der Waals surface area (Å²) in [7, 11) is 0. The van der Waals surface area contributed by atoms with Crippen molar-refractivity contribution in [2.24, 2.45) is 0 Å². The summed E-state index contributed by atoms with van der Waals surface area (Å²) in [5, 5.41) is 9.89. The number of aromatic nitrogens is 3. The number of hydrogen-bond donors (Lipinski definition) is 1. The number of benzene rings is 1. The van der Waals surface area contributed by atoms with Crippen molar-refractivity contribution in [3.8, 4) is 5.69 Å². The van der Waals surface area contributed by atoms with Crippen LogP contribution in [0.25, 0.3) is 5.69 Å². The highest BCUT2D eigenvalue weighted by molar-refractivity contribution is 7.09. The zero-order chi connectivity index (χ0) is 17.8. The highest BCUT2D eigenvalue weighted by Gasteiger charge is 2.24. The van der Waals surface area contributed by atoms with Crippen LogP contribution in [-0.2, 0) is 11.2 Å². The van der Waals surface area contributed by atoms with Crippen LogP contribution in [0.15, 0.2) is 41.9 Å². The molecule has 128 valence electrons. The number of aryl methyl sites for hydroxylation is 1. The summed E-state index contributed by atoms with van der Waals surface area (Å²) in [4.78, 5) is 28.9. The third-order valence-corrected chi connectivity index (χ3v) is 4.67. The molecule has 0 spiro atoms.